The summed E-state index contributed by atoms with van der Waals surface area (Å²) in [6, 6.07) is 7.64. The van der Waals surface area contributed by atoms with Crippen molar-refractivity contribution in [1.29, 1.82) is 0 Å². The van der Waals surface area contributed by atoms with Crippen LogP contribution in [0.25, 0.3) is 0 Å². The van der Waals surface area contributed by atoms with Crippen LogP contribution < -0.4 is 9.88 Å². The van der Waals surface area contributed by atoms with Crippen LogP contribution in [0.5, 0.6) is 5.75 Å². The van der Waals surface area contributed by atoms with Gasteiger partial charge >= 0.3 is 0 Å². The number of carbonyl (C=O) groups excluding carboxylic acids is 1. The number of benzene rings is 1. The Labute approximate surface area is 123 Å². The lowest BCUT2D eigenvalue weighted by Gasteiger charge is -2.33. The second-order valence-corrected chi connectivity index (χ2v) is 7.30. The van der Waals surface area contributed by atoms with Crippen LogP contribution in [0.4, 0.5) is 0 Å². The van der Waals surface area contributed by atoms with Crippen molar-refractivity contribution in [2.45, 2.75) is 18.9 Å². The van der Waals surface area contributed by atoms with Gasteiger partial charge in [-0.25, -0.2) is 13.6 Å². The van der Waals surface area contributed by atoms with Crippen LogP contribution in [0.1, 0.15) is 24.4 Å². The summed E-state index contributed by atoms with van der Waals surface area (Å²) >= 11 is 0. The highest BCUT2D eigenvalue weighted by Gasteiger charge is 2.38. The highest BCUT2D eigenvalue weighted by atomic mass is 32.2. The molecule has 114 valence electrons. The maximum absolute atomic E-state index is 12.2. The number of para-hydroxylation sites is 1. The fourth-order valence-electron chi connectivity index (χ4n) is 3.20. The van der Waals surface area contributed by atoms with Crippen LogP contribution in [0.15, 0.2) is 24.3 Å². The molecule has 1 fully saturated rings. The first-order valence-corrected chi connectivity index (χ1v) is 8.67. The number of hydrogen-bond acceptors (Lipinski definition) is 4. The molecule has 0 spiro atoms. The van der Waals surface area contributed by atoms with Gasteiger partial charge in [0.25, 0.3) is 0 Å². The van der Waals surface area contributed by atoms with Gasteiger partial charge in [0.15, 0.2) is 0 Å². The molecule has 0 radical (unpaired) electrons. The minimum atomic E-state index is -3.55. The zero-order chi connectivity index (χ0) is 15.0. The van der Waals surface area contributed by atoms with E-state index >= 15 is 0 Å². The lowest BCUT2D eigenvalue weighted by Crippen LogP contribution is -2.34. The minimum absolute atomic E-state index is 0.00893. The van der Waals surface area contributed by atoms with Crippen molar-refractivity contribution in [3.63, 3.8) is 0 Å². The Balaban J connectivity index is 1.81. The molecule has 1 aromatic rings. The van der Waals surface area contributed by atoms with Gasteiger partial charge in [-0.2, -0.15) is 0 Å². The van der Waals surface area contributed by atoms with E-state index in [1.807, 2.05) is 24.3 Å². The molecular formula is C14H18N2O4S. The molecule has 2 N–H and O–H groups in total. The largest absolute Gasteiger partial charge is 0.493 e. The van der Waals surface area contributed by atoms with Crippen LogP contribution >= 0.6 is 0 Å². The zero-order valence-electron chi connectivity index (χ0n) is 11.6. The van der Waals surface area contributed by atoms with Crippen molar-refractivity contribution in [3.8, 4) is 5.75 Å². The number of fused-ring (bicyclic) bond motifs is 1. The molecule has 1 saturated heterocycles. The summed E-state index contributed by atoms with van der Waals surface area (Å²) in [5.74, 6) is 0.435. The lowest BCUT2D eigenvalue weighted by atomic mass is 9.99. The second-order valence-electron chi connectivity index (χ2n) is 5.64. The Hall–Kier alpha value is -1.60. The number of carbonyl (C=O) groups is 1. The van der Waals surface area contributed by atoms with Crippen molar-refractivity contribution in [2.75, 3.05) is 18.9 Å². The minimum Gasteiger partial charge on any atom is -0.493 e. The maximum Gasteiger partial charge on any atom is 0.223 e. The van der Waals surface area contributed by atoms with Gasteiger partial charge in [0.2, 0.25) is 15.9 Å². The predicted molar refractivity (Wildman–Crippen MR) is 77.1 cm³/mol. The van der Waals surface area contributed by atoms with Gasteiger partial charge in [-0.1, -0.05) is 18.2 Å². The van der Waals surface area contributed by atoms with Gasteiger partial charge in [-0.3, -0.25) is 4.79 Å². The molecule has 0 saturated carbocycles. The van der Waals surface area contributed by atoms with Crippen molar-refractivity contribution >= 4 is 15.9 Å². The fraction of sp³-hybridized carbons (Fsp3) is 0.500. The van der Waals surface area contributed by atoms with Crippen LogP contribution in [0.3, 0.4) is 0 Å². The number of primary sulfonamides is 1. The summed E-state index contributed by atoms with van der Waals surface area (Å²) in [6.07, 6.45) is 0.973. The highest BCUT2D eigenvalue weighted by Crippen LogP contribution is 2.38. The van der Waals surface area contributed by atoms with Gasteiger partial charge < -0.3 is 9.64 Å². The van der Waals surface area contributed by atoms with E-state index in [1.54, 1.807) is 4.90 Å². The summed E-state index contributed by atoms with van der Waals surface area (Å²) < 4.78 is 28.0. The van der Waals surface area contributed by atoms with Crippen LogP contribution in [-0.2, 0) is 14.8 Å². The van der Waals surface area contributed by atoms with E-state index in [2.05, 4.69) is 0 Å². The number of nitrogens with two attached hydrogens (primary N) is 1. The number of sulfonamides is 1. The van der Waals surface area contributed by atoms with Crippen LogP contribution in [0.2, 0.25) is 0 Å². The fourth-order valence-corrected chi connectivity index (χ4v) is 4.08. The molecule has 2 heterocycles. The quantitative estimate of drug-likeness (QED) is 0.887. The van der Waals surface area contributed by atoms with Crippen molar-refractivity contribution < 1.29 is 17.9 Å². The molecule has 6 nitrogen and oxygen atoms in total. The molecule has 1 amide bonds. The zero-order valence-corrected chi connectivity index (χ0v) is 12.4. The second kappa shape index (κ2) is 5.31. The first-order chi connectivity index (χ1) is 9.94. The molecule has 21 heavy (non-hydrogen) atoms. The molecule has 0 bridgehead atoms. The summed E-state index contributed by atoms with van der Waals surface area (Å²) in [4.78, 5) is 14.0. The SMILES string of the molecule is NS(=O)(=O)CC1CC(=O)N(C2CCOc3ccccc32)C1. The Morgan fingerprint density at radius 3 is 2.86 bits per heavy atom. The molecule has 1 aromatic carbocycles. The number of amides is 1. The monoisotopic (exact) mass is 310 g/mol. The molecule has 2 aliphatic rings. The first-order valence-electron chi connectivity index (χ1n) is 6.96. The summed E-state index contributed by atoms with van der Waals surface area (Å²) in [5, 5.41) is 5.08. The molecule has 0 aliphatic carbocycles. The van der Waals surface area contributed by atoms with Gasteiger partial charge in [0.1, 0.15) is 5.75 Å². The van der Waals surface area contributed by atoms with Crippen molar-refractivity contribution in [3.05, 3.63) is 29.8 Å². The standard InChI is InChI=1S/C14H18N2O4S/c15-21(18,19)9-10-7-14(17)16(8-10)12-5-6-20-13-4-2-1-3-11(12)13/h1-4,10,12H,5-9H2,(H2,15,18,19). The molecule has 0 aromatic heterocycles. The smallest absolute Gasteiger partial charge is 0.223 e. The first kappa shape index (κ1) is 14.3. The molecule has 7 heteroatoms. The molecule has 2 unspecified atom stereocenters. The topological polar surface area (TPSA) is 89.7 Å². The van der Waals surface area contributed by atoms with Gasteiger partial charge in [-0.05, 0) is 6.07 Å². The van der Waals surface area contributed by atoms with E-state index in [0.29, 0.717) is 13.2 Å². The number of hydrogen-bond donors (Lipinski definition) is 1. The van der Waals surface area contributed by atoms with Crippen LogP contribution in [-0.4, -0.2) is 38.1 Å². The van der Waals surface area contributed by atoms with E-state index in [1.165, 1.54) is 0 Å². The third kappa shape index (κ3) is 3.03. The maximum atomic E-state index is 12.2. The Morgan fingerprint density at radius 2 is 2.10 bits per heavy atom. The third-order valence-electron chi connectivity index (χ3n) is 4.01. The Bertz CT molecular complexity index is 659. The number of rotatable bonds is 3. The van der Waals surface area contributed by atoms with Gasteiger partial charge in [-0.15, -0.1) is 0 Å². The average molecular weight is 310 g/mol. The Kier molecular flexibility index (Phi) is 3.62. The lowest BCUT2D eigenvalue weighted by molar-refractivity contribution is -0.130. The normalized spacial score (nSPS) is 25.6. The molecule has 2 aliphatic heterocycles. The van der Waals surface area contributed by atoms with E-state index in [4.69, 9.17) is 9.88 Å². The molecular weight excluding hydrogens is 292 g/mol. The van der Waals surface area contributed by atoms with Crippen molar-refractivity contribution in [1.82, 2.24) is 4.90 Å². The number of ether oxygens (including phenoxy) is 1. The van der Waals surface area contributed by atoms with E-state index in [-0.39, 0.29) is 30.0 Å². The molecule has 2 atom stereocenters. The summed E-state index contributed by atoms with van der Waals surface area (Å²) in [7, 11) is -3.55. The number of nitrogens with zero attached hydrogens (tertiary/aromatic N) is 1. The van der Waals surface area contributed by atoms with E-state index in [0.717, 1.165) is 17.7 Å². The Morgan fingerprint density at radius 1 is 1.33 bits per heavy atom. The van der Waals surface area contributed by atoms with Crippen LogP contribution in [0, 0.1) is 5.92 Å². The number of likely N-dealkylation sites (tertiary alicyclic amines) is 1. The third-order valence-corrected chi connectivity index (χ3v) is 4.95. The van der Waals surface area contributed by atoms with E-state index < -0.39 is 10.0 Å². The summed E-state index contributed by atoms with van der Waals surface area (Å²) in [6.45, 7) is 1.000. The molecule has 3 rings (SSSR count). The highest BCUT2D eigenvalue weighted by molar-refractivity contribution is 7.89. The van der Waals surface area contributed by atoms with Crippen molar-refractivity contribution in [2.24, 2.45) is 11.1 Å². The summed E-state index contributed by atoms with van der Waals surface area (Å²) in [5.41, 5.74) is 0.994. The van der Waals surface area contributed by atoms with Gasteiger partial charge in [0.05, 0.1) is 18.4 Å². The average Bonchev–Trinajstić information content (AvgIpc) is 2.76. The van der Waals surface area contributed by atoms with E-state index in [9.17, 15) is 13.2 Å². The van der Waals surface area contributed by atoms with Gasteiger partial charge in [0, 0.05) is 30.9 Å². The predicted octanol–water partition coefficient (Wildman–Crippen LogP) is 0.647.